The highest BCUT2D eigenvalue weighted by atomic mass is 32.2. The first-order valence-electron chi connectivity index (χ1n) is 22.1. The molecule has 2 unspecified atom stereocenters. The second kappa shape index (κ2) is 37.6. The summed E-state index contributed by atoms with van der Waals surface area (Å²) in [5.74, 6) is -2.16. The lowest BCUT2D eigenvalue weighted by Gasteiger charge is -2.40. The van der Waals surface area contributed by atoms with Crippen LogP contribution in [0.15, 0.2) is 122 Å². The molecule has 0 amide bonds. The Hall–Kier alpha value is -3.95. The molecule has 0 aromatic carbocycles. The summed E-state index contributed by atoms with van der Waals surface area (Å²) in [5.41, 5.74) is 0. The summed E-state index contributed by atoms with van der Waals surface area (Å²) in [4.78, 5) is 25.4. The molecule has 13 heteroatoms. The summed E-state index contributed by atoms with van der Waals surface area (Å²) < 4.78 is 53.9. The molecule has 1 saturated heterocycles. The molecule has 0 aliphatic carbocycles. The molecule has 1 aliphatic rings. The lowest BCUT2D eigenvalue weighted by Crippen LogP contribution is -2.60. The predicted octanol–water partition coefficient (Wildman–Crippen LogP) is 9.00. The van der Waals surface area contributed by atoms with Crippen LogP contribution < -0.4 is 0 Å². The van der Waals surface area contributed by atoms with Crippen LogP contribution in [0.5, 0.6) is 0 Å². The van der Waals surface area contributed by atoms with E-state index in [2.05, 4.69) is 111 Å². The molecule has 0 spiro atoms. The number of hydrogen-bond acceptors (Lipinski definition) is 11. The smallest absolute Gasteiger partial charge is 0.306 e. The van der Waals surface area contributed by atoms with Crippen LogP contribution in [0.3, 0.4) is 0 Å². The highest BCUT2D eigenvalue weighted by molar-refractivity contribution is 7.85. The van der Waals surface area contributed by atoms with Gasteiger partial charge in [-0.25, -0.2) is 0 Å². The standard InChI is InChI=1S/C49H74O12S/c1-3-5-7-9-11-13-15-17-19-21-23-25-27-29-31-33-35-37-44(50)58-39-42(40-59-49-48(54)47(53)46(52)43(61-49)41-62(55,56)57)60-45(51)38-36-34-32-30-28-26-24-22-20-18-16-14-12-10-8-6-4-2/h5-8,11-14,17-20,23-26,29-32,42-43,46-49,52-54H,3-4,9-10,15-16,21-22,27-28,33-41H2,1-2H3,(H,55,56,57)/b7-5+,8-6+,13-11+,14-12+,19-17+,20-18+,25-23+,26-24+,31-29+,32-30+/t42-,43-,46-,47?,48?,49+/m1/s1. The maximum absolute atomic E-state index is 12.8. The van der Waals surface area contributed by atoms with E-state index in [0.717, 1.165) is 64.2 Å². The summed E-state index contributed by atoms with van der Waals surface area (Å²) in [6.45, 7) is 3.41. The molecule has 1 aliphatic heterocycles. The van der Waals surface area contributed by atoms with Crippen LogP contribution in [0.2, 0.25) is 0 Å². The number of hydrogen-bond donors (Lipinski definition) is 4. The minimum atomic E-state index is -4.62. The number of carbonyl (C=O) groups excluding carboxylic acids is 2. The normalized spacial score (nSPS) is 21.0. The van der Waals surface area contributed by atoms with E-state index in [-0.39, 0.29) is 19.4 Å². The van der Waals surface area contributed by atoms with Gasteiger partial charge in [0, 0.05) is 12.8 Å². The first-order chi connectivity index (χ1) is 30.0. The Bertz CT molecular complexity index is 1600. The van der Waals surface area contributed by atoms with Crippen molar-refractivity contribution in [1.82, 2.24) is 0 Å². The average Bonchev–Trinajstić information content (AvgIpc) is 3.24. The van der Waals surface area contributed by atoms with Crippen molar-refractivity contribution >= 4 is 22.1 Å². The van der Waals surface area contributed by atoms with Crippen LogP contribution in [-0.4, -0.2) is 96.0 Å². The summed E-state index contributed by atoms with van der Waals surface area (Å²) in [6, 6.07) is 0. The number of esters is 2. The molecule has 1 rings (SSSR count). The van der Waals surface area contributed by atoms with Crippen molar-refractivity contribution < 1.29 is 56.8 Å². The second-order valence-corrected chi connectivity index (χ2v) is 16.1. The fourth-order valence-electron chi connectivity index (χ4n) is 5.69. The molecule has 0 aromatic rings. The Balaban J connectivity index is 2.56. The van der Waals surface area contributed by atoms with Crippen molar-refractivity contribution in [3.63, 3.8) is 0 Å². The van der Waals surface area contributed by atoms with Gasteiger partial charge in [-0.05, 0) is 89.9 Å². The van der Waals surface area contributed by atoms with Gasteiger partial charge < -0.3 is 34.3 Å². The molecule has 62 heavy (non-hydrogen) atoms. The van der Waals surface area contributed by atoms with E-state index in [1.54, 1.807) is 0 Å². The van der Waals surface area contributed by atoms with Gasteiger partial charge >= 0.3 is 11.9 Å². The Morgan fingerprint density at radius 1 is 0.548 bits per heavy atom. The zero-order valence-corrected chi connectivity index (χ0v) is 37.7. The number of carbonyl (C=O) groups is 2. The topological polar surface area (TPSA) is 186 Å². The van der Waals surface area contributed by atoms with Crippen LogP contribution in [-0.2, 0) is 38.7 Å². The van der Waals surface area contributed by atoms with Gasteiger partial charge in [-0.15, -0.1) is 0 Å². The summed E-state index contributed by atoms with van der Waals surface area (Å²) in [5, 5.41) is 30.9. The lowest BCUT2D eigenvalue weighted by atomic mass is 10.00. The fourth-order valence-corrected chi connectivity index (χ4v) is 6.38. The van der Waals surface area contributed by atoms with Gasteiger partial charge in [0.1, 0.15) is 36.8 Å². The van der Waals surface area contributed by atoms with E-state index in [4.69, 9.17) is 18.9 Å². The molecule has 0 bridgehead atoms. The van der Waals surface area contributed by atoms with Crippen molar-refractivity contribution in [1.29, 1.82) is 0 Å². The molecule has 348 valence electrons. The van der Waals surface area contributed by atoms with E-state index in [1.807, 2.05) is 24.3 Å². The van der Waals surface area contributed by atoms with Gasteiger partial charge in [0.2, 0.25) is 0 Å². The number of aliphatic hydroxyl groups is 3. The van der Waals surface area contributed by atoms with Crippen LogP contribution in [0.1, 0.15) is 117 Å². The van der Waals surface area contributed by atoms with Crippen molar-refractivity contribution in [2.45, 2.75) is 153 Å². The molecular formula is C49H74O12S. The largest absolute Gasteiger partial charge is 0.462 e. The second-order valence-electron chi connectivity index (χ2n) is 14.6. The average molecular weight is 887 g/mol. The fraction of sp³-hybridized carbons (Fsp3) is 0.551. The van der Waals surface area contributed by atoms with E-state index in [9.17, 15) is 37.9 Å². The third kappa shape index (κ3) is 31.8. The third-order valence-electron chi connectivity index (χ3n) is 9.04. The van der Waals surface area contributed by atoms with Crippen LogP contribution >= 0.6 is 0 Å². The Kier molecular flexibility index (Phi) is 34.0. The highest BCUT2D eigenvalue weighted by Gasteiger charge is 2.46. The SMILES string of the molecule is CC/C=C/C/C=C/C/C=C/C/C=C/C/C=C/CCCC(=O)OC[C@H](CO[C@H]1O[C@H](CS(=O)(=O)O)[C@@H](O)C(O)C1O)OC(=O)CCC/C=C/C/C=C/C/C=C/C/C=C/C/C=C/CC. The lowest BCUT2D eigenvalue weighted by molar-refractivity contribution is -0.297. The van der Waals surface area contributed by atoms with E-state index >= 15 is 0 Å². The van der Waals surface area contributed by atoms with Gasteiger partial charge in [0.05, 0.1) is 6.61 Å². The molecule has 1 fully saturated rings. The van der Waals surface area contributed by atoms with E-state index in [0.29, 0.717) is 25.7 Å². The van der Waals surface area contributed by atoms with Gasteiger partial charge in [-0.1, -0.05) is 135 Å². The summed E-state index contributed by atoms with van der Waals surface area (Å²) in [6.07, 6.45) is 44.0. The molecular weight excluding hydrogens is 813 g/mol. The van der Waals surface area contributed by atoms with Gasteiger partial charge in [0.25, 0.3) is 10.1 Å². The van der Waals surface area contributed by atoms with Crippen molar-refractivity contribution in [3.8, 4) is 0 Å². The van der Waals surface area contributed by atoms with Crippen LogP contribution in [0.25, 0.3) is 0 Å². The molecule has 4 N–H and O–H groups in total. The van der Waals surface area contributed by atoms with Gasteiger partial charge in [-0.3, -0.25) is 14.1 Å². The van der Waals surface area contributed by atoms with Crippen molar-refractivity contribution in [2.75, 3.05) is 19.0 Å². The van der Waals surface area contributed by atoms with E-state index in [1.165, 1.54) is 0 Å². The minimum Gasteiger partial charge on any atom is -0.462 e. The third-order valence-corrected chi connectivity index (χ3v) is 9.79. The molecule has 0 aromatic heterocycles. The molecule has 1 heterocycles. The summed E-state index contributed by atoms with van der Waals surface area (Å²) in [7, 11) is -4.62. The molecule has 6 atom stereocenters. The number of allylic oxidation sites excluding steroid dienone is 20. The van der Waals surface area contributed by atoms with Crippen molar-refractivity contribution in [3.05, 3.63) is 122 Å². The summed E-state index contributed by atoms with van der Waals surface area (Å²) >= 11 is 0. The molecule has 12 nitrogen and oxygen atoms in total. The first-order valence-corrected chi connectivity index (χ1v) is 23.7. The molecule has 0 saturated carbocycles. The van der Waals surface area contributed by atoms with Crippen LogP contribution in [0.4, 0.5) is 0 Å². The number of unbranched alkanes of at least 4 members (excludes halogenated alkanes) is 2. The first kappa shape index (κ1) is 56.1. The predicted molar refractivity (Wildman–Crippen MR) is 247 cm³/mol. The Morgan fingerprint density at radius 3 is 1.34 bits per heavy atom. The Morgan fingerprint density at radius 2 is 0.935 bits per heavy atom. The quantitative estimate of drug-likeness (QED) is 0.0208. The molecule has 0 radical (unpaired) electrons. The minimum absolute atomic E-state index is 0.0654. The zero-order chi connectivity index (χ0) is 45.5. The maximum Gasteiger partial charge on any atom is 0.306 e. The monoisotopic (exact) mass is 886 g/mol. The van der Waals surface area contributed by atoms with Crippen molar-refractivity contribution in [2.24, 2.45) is 0 Å². The number of rotatable bonds is 34. The van der Waals surface area contributed by atoms with E-state index < -0.39 is 71.2 Å². The maximum atomic E-state index is 12.8. The van der Waals surface area contributed by atoms with Gasteiger partial charge in [-0.2, -0.15) is 8.42 Å². The van der Waals surface area contributed by atoms with Crippen LogP contribution in [0, 0.1) is 0 Å². The Labute approximate surface area is 371 Å². The van der Waals surface area contributed by atoms with Gasteiger partial charge in [0.15, 0.2) is 12.4 Å². The highest BCUT2D eigenvalue weighted by Crippen LogP contribution is 2.23. The number of aliphatic hydroxyl groups excluding tert-OH is 3. The zero-order valence-electron chi connectivity index (χ0n) is 36.9. The number of ether oxygens (including phenoxy) is 4.